The molecular weight excluding hydrogens is 256 g/mol. The van der Waals surface area contributed by atoms with Gasteiger partial charge in [0.05, 0.1) is 0 Å². The first kappa shape index (κ1) is 20.9. The summed E-state index contributed by atoms with van der Waals surface area (Å²) in [5.41, 5.74) is 5.83. The summed E-state index contributed by atoms with van der Waals surface area (Å²) < 4.78 is 0. The molecule has 2 heteroatoms. The monoisotopic (exact) mass is 298 g/mol. The summed E-state index contributed by atoms with van der Waals surface area (Å²) in [6, 6.07) is 0.558. The van der Waals surface area contributed by atoms with Gasteiger partial charge in [-0.05, 0) is 26.4 Å². The van der Waals surface area contributed by atoms with Gasteiger partial charge in [-0.25, -0.2) is 0 Å². The summed E-state index contributed by atoms with van der Waals surface area (Å²) in [5.74, 6) is 0.815. The fraction of sp³-hybridized carbons (Fsp3) is 1.00. The van der Waals surface area contributed by atoms with Gasteiger partial charge in [-0.15, -0.1) is 0 Å². The number of hydrogen-bond donors (Lipinski definition) is 1. The zero-order valence-corrected chi connectivity index (χ0v) is 15.4. The predicted molar refractivity (Wildman–Crippen MR) is 96.8 cm³/mol. The van der Waals surface area contributed by atoms with Gasteiger partial charge in [-0.3, -0.25) is 0 Å². The predicted octanol–water partition coefficient (Wildman–Crippen LogP) is 5.21. The van der Waals surface area contributed by atoms with Crippen LogP contribution in [0.5, 0.6) is 0 Å². The van der Waals surface area contributed by atoms with Crippen LogP contribution < -0.4 is 5.73 Å². The van der Waals surface area contributed by atoms with Gasteiger partial charge < -0.3 is 10.6 Å². The lowest BCUT2D eigenvalue weighted by molar-refractivity contribution is 0.248. The van der Waals surface area contributed by atoms with Crippen LogP contribution in [-0.4, -0.2) is 31.6 Å². The molecule has 0 fully saturated rings. The number of nitrogens with two attached hydrogens (primary N) is 1. The lowest BCUT2D eigenvalue weighted by Crippen LogP contribution is -2.36. The van der Waals surface area contributed by atoms with Gasteiger partial charge >= 0.3 is 0 Å². The van der Waals surface area contributed by atoms with E-state index in [2.05, 4.69) is 32.8 Å². The second kappa shape index (κ2) is 14.8. The Balaban J connectivity index is 3.34. The van der Waals surface area contributed by atoms with E-state index in [9.17, 15) is 0 Å². The number of hydrogen-bond acceptors (Lipinski definition) is 2. The fourth-order valence-corrected chi connectivity index (χ4v) is 3.08. The summed E-state index contributed by atoms with van der Waals surface area (Å²) in [4.78, 5) is 2.27. The van der Waals surface area contributed by atoms with Crippen LogP contribution in [-0.2, 0) is 0 Å². The molecule has 0 unspecified atom stereocenters. The summed E-state index contributed by atoms with van der Waals surface area (Å²) in [5, 5.41) is 0. The molecule has 0 aromatic rings. The summed E-state index contributed by atoms with van der Waals surface area (Å²) >= 11 is 0. The first-order valence-electron chi connectivity index (χ1n) is 9.48. The van der Waals surface area contributed by atoms with E-state index in [-0.39, 0.29) is 0 Å². The Morgan fingerprint density at radius 3 is 1.71 bits per heavy atom. The second-order valence-electron chi connectivity index (χ2n) is 7.16. The highest BCUT2D eigenvalue weighted by Crippen LogP contribution is 2.18. The summed E-state index contributed by atoms with van der Waals surface area (Å²) in [6.45, 7) is 5.46. The summed E-state index contributed by atoms with van der Waals surface area (Å²) in [7, 11) is 4.29. The van der Waals surface area contributed by atoms with Crippen molar-refractivity contribution in [1.82, 2.24) is 4.90 Å². The molecule has 0 aromatic heterocycles. The van der Waals surface area contributed by atoms with Crippen LogP contribution >= 0.6 is 0 Å². The lowest BCUT2D eigenvalue weighted by atomic mass is 9.94. The Labute approximate surface area is 134 Å². The van der Waals surface area contributed by atoms with E-state index in [1.807, 2.05) is 0 Å². The van der Waals surface area contributed by atoms with Crippen LogP contribution in [0.25, 0.3) is 0 Å². The Kier molecular flexibility index (Phi) is 14.8. The normalized spacial score (nSPS) is 14.6. The number of unbranched alkanes of at least 4 members (excludes halogenated alkanes) is 9. The highest BCUT2D eigenvalue weighted by molar-refractivity contribution is 4.70. The minimum absolute atomic E-state index is 0.558. The van der Waals surface area contributed by atoms with Crippen molar-refractivity contribution in [3.8, 4) is 0 Å². The molecule has 0 saturated carbocycles. The highest BCUT2D eigenvalue weighted by atomic mass is 15.1. The molecule has 0 heterocycles. The van der Waals surface area contributed by atoms with Crippen molar-refractivity contribution in [3.63, 3.8) is 0 Å². The maximum Gasteiger partial charge on any atom is 0.0214 e. The first-order valence-corrected chi connectivity index (χ1v) is 9.48. The van der Waals surface area contributed by atoms with Gasteiger partial charge in [0, 0.05) is 12.6 Å². The molecule has 0 aliphatic rings. The molecule has 128 valence electrons. The van der Waals surface area contributed by atoms with E-state index in [0.717, 1.165) is 12.5 Å². The lowest BCUT2D eigenvalue weighted by Gasteiger charge is -2.25. The third kappa shape index (κ3) is 13.3. The molecule has 0 aliphatic carbocycles. The van der Waals surface area contributed by atoms with E-state index < -0.39 is 0 Å². The van der Waals surface area contributed by atoms with Crippen LogP contribution in [0.15, 0.2) is 0 Å². The van der Waals surface area contributed by atoms with Crippen molar-refractivity contribution in [2.24, 2.45) is 11.7 Å². The Morgan fingerprint density at radius 1 is 0.810 bits per heavy atom. The largest absolute Gasteiger partial charge is 0.329 e. The molecule has 0 aromatic carbocycles. The Morgan fingerprint density at radius 2 is 1.29 bits per heavy atom. The van der Waals surface area contributed by atoms with Crippen molar-refractivity contribution >= 4 is 0 Å². The van der Waals surface area contributed by atoms with Crippen molar-refractivity contribution in [1.29, 1.82) is 0 Å². The van der Waals surface area contributed by atoms with Crippen molar-refractivity contribution < 1.29 is 0 Å². The van der Waals surface area contributed by atoms with Gasteiger partial charge in [0.25, 0.3) is 0 Å². The van der Waals surface area contributed by atoms with E-state index >= 15 is 0 Å². The van der Waals surface area contributed by atoms with Gasteiger partial charge in [-0.1, -0.05) is 84.5 Å². The van der Waals surface area contributed by atoms with E-state index in [4.69, 9.17) is 5.73 Å². The molecule has 0 bridgehead atoms. The number of nitrogens with zero attached hydrogens (tertiary/aromatic N) is 1. The average molecular weight is 299 g/mol. The number of rotatable bonds is 15. The van der Waals surface area contributed by atoms with E-state index in [0.29, 0.717) is 6.04 Å². The van der Waals surface area contributed by atoms with Gasteiger partial charge in [0.1, 0.15) is 0 Å². The van der Waals surface area contributed by atoms with Crippen LogP contribution in [0.3, 0.4) is 0 Å². The minimum atomic E-state index is 0.558. The zero-order chi connectivity index (χ0) is 15.9. The third-order valence-corrected chi connectivity index (χ3v) is 4.73. The smallest absolute Gasteiger partial charge is 0.0214 e. The SMILES string of the molecule is CCCCCCCCCCCC[C@H](C)C[C@H](CN)N(C)C. The molecule has 0 saturated heterocycles. The summed E-state index contributed by atoms with van der Waals surface area (Å²) in [6.07, 6.45) is 16.9. The number of likely N-dealkylation sites (N-methyl/N-ethyl adjacent to an activating group) is 1. The molecule has 0 rings (SSSR count). The zero-order valence-electron chi connectivity index (χ0n) is 15.4. The molecule has 0 aliphatic heterocycles. The maximum absolute atomic E-state index is 5.83. The van der Waals surface area contributed by atoms with Gasteiger partial charge in [0.2, 0.25) is 0 Å². The molecule has 0 amide bonds. The average Bonchev–Trinajstić information content (AvgIpc) is 2.46. The Bertz CT molecular complexity index is 204. The highest BCUT2D eigenvalue weighted by Gasteiger charge is 2.13. The first-order chi connectivity index (χ1) is 10.1. The van der Waals surface area contributed by atoms with Crippen molar-refractivity contribution in [2.75, 3.05) is 20.6 Å². The maximum atomic E-state index is 5.83. The molecule has 2 N–H and O–H groups in total. The standard InChI is InChI=1S/C19H42N2/c1-5-6-7-8-9-10-11-12-13-14-15-18(2)16-19(17-20)21(3)4/h18-19H,5-17,20H2,1-4H3/t18-,19+/m0/s1. The van der Waals surface area contributed by atoms with Crippen LogP contribution in [0.2, 0.25) is 0 Å². The van der Waals surface area contributed by atoms with Crippen LogP contribution in [0.1, 0.15) is 90.9 Å². The van der Waals surface area contributed by atoms with E-state index in [1.54, 1.807) is 0 Å². The quantitative estimate of drug-likeness (QED) is 0.420. The molecule has 0 spiro atoms. The molecule has 21 heavy (non-hydrogen) atoms. The molecule has 0 radical (unpaired) electrons. The van der Waals surface area contributed by atoms with Crippen molar-refractivity contribution in [2.45, 2.75) is 96.9 Å². The van der Waals surface area contributed by atoms with Crippen LogP contribution in [0.4, 0.5) is 0 Å². The van der Waals surface area contributed by atoms with Crippen molar-refractivity contribution in [3.05, 3.63) is 0 Å². The minimum Gasteiger partial charge on any atom is -0.329 e. The fourth-order valence-electron chi connectivity index (χ4n) is 3.08. The third-order valence-electron chi connectivity index (χ3n) is 4.73. The van der Waals surface area contributed by atoms with Gasteiger partial charge in [-0.2, -0.15) is 0 Å². The topological polar surface area (TPSA) is 29.3 Å². The molecule has 2 atom stereocenters. The van der Waals surface area contributed by atoms with Crippen LogP contribution in [0, 0.1) is 5.92 Å². The Hall–Kier alpha value is -0.0800. The molecule has 2 nitrogen and oxygen atoms in total. The molecular formula is C19H42N2. The second-order valence-corrected chi connectivity index (χ2v) is 7.16. The van der Waals surface area contributed by atoms with Gasteiger partial charge in [0.15, 0.2) is 0 Å². The van der Waals surface area contributed by atoms with E-state index in [1.165, 1.54) is 77.0 Å².